The molecule has 1 unspecified atom stereocenters. The molecule has 0 aliphatic heterocycles. The molecule has 0 radical (unpaired) electrons. The molecule has 2 heteroatoms. The van der Waals surface area contributed by atoms with E-state index >= 15 is 0 Å². The lowest BCUT2D eigenvalue weighted by atomic mass is 9.95. The summed E-state index contributed by atoms with van der Waals surface area (Å²) in [5.74, 6) is 0. The smallest absolute Gasteiger partial charge is 0.0472 e. The Morgan fingerprint density at radius 1 is 1.17 bits per heavy atom. The van der Waals surface area contributed by atoms with Crippen molar-refractivity contribution in [3.05, 3.63) is 34.9 Å². The molecule has 2 N–H and O–H groups in total. The maximum atomic E-state index is 6.01. The zero-order valence-electron chi connectivity index (χ0n) is 12.4. The highest BCUT2D eigenvalue weighted by Crippen LogP contribution is 2.25. The Bertz CT molecular complexity index is 340. The minimum Gasteiger partial charge on any atom is -0.329 e. The summed E-state index contributed by atoms with van der Waals surface area (Å²) in [6.45, 7) is 8.43. The van der Waals surface area contributed by atoms with Crippen LogP contribution in [0, 0.1) is 13.8 Å². The SMILES string of the molecule is CCCCCN(C)C(CN)c1c(C)cccc1C. The molecule has 2 nitrogen and oxygen atoms in total. The lowest BCUT2D eigenvalue weighted by molar-refractivity contribution is 0.243. The second-order valence-electron chi connectivity index (χ2n) is 5.24. The fourth-order valence-corrected chi connectivity index (χ4v) is 2.64. The van der Waals surface area contributed by atoms with Gasteiger partial charge < -0.3 is 5.73 Å². The largest absolute Gasteiger partial charge is 0.329 e. The number of hydrogen-bond acceptors (Lipinski definition) is 2. The van der Waals surface area contributed by atoms with Crippen LogP contribution in [-0.2, 0) is 0 Å². The summed E-state index contributed by atoms with van der Waals surface area (Å²) in [7, 11) is 2.19. The molecule has 0 spiro atoms. The van der Waals surface area contributed by atoms with Gasteiger partial charge in [0.15, 0.2) is 0 Å². The second kappa shape index (κ2) is 7.55. The summed E-state index contributed by atoms with van der Waals surface area (Å²) >= 11 is 0. The van der Waals surface area contributed by atoms with E-state index in [1.165, 1.54) is 36.0 Å². The van der Waals surface area contributed by atoms with Crippen LogP contribution in [0.15, 0.2) is 18.2 Å². The fraction of sp³-hybridized carbons (Fsp3) is 0.625. The van der Waals surface area contributed by atoms with Crippen LogP contribution in [0.4, 0.5) is 0 Å². The van der Waals surface area contributed by atoms with E-state index in [9.17, 15) is 0 Å². The third-order valence-electron chi connectivity index (χ3n) is 3.75. The molecule has 0 aromatic heterocycles. The summed E-state index contributed by atoms with van der Waals surface area (Å²) in [6, 6.07) is 6.84. The number of unbranched alkanes of at least 4 members (excludes halogenated alkanes) is 2. The predicted molar refractivity (Wildman–Crippen MR) is 79.9 cm³/mol. The molecular weight excluding hydrogens is 220 g/mol. The fourth-order valence-electron chi connectivity index (χ4n) is 2.64. The molecular formula is C16H28N2. The van der Waals surface area contributed by atoms with Crippen molar-refractivity contribution in [2.75, 3.05) is 20.1 Å². The summed E-state index contributed by atoms with van der Waals surface area (Å²) in [5, 5.41) is 0. The zero-order valence-corrected chi connectivity index (χ0v) is 12.4. The third kappa shape index (κ3) is 3.82. The Labute approximate surface area is 112 Å². The second-order valence-corrected chi connectivity index (χ2v) is 5.24. The van der Waals surface area contributed by atoms with Crippen molar-refractivity contribution in [2.45, 2.75) is 46.1 Å². The monoisotopic (exact) mass is 248 g/mol. The van der Waals surface area contributed by atoms with E-state index in [0.29, 0.717) is 12.6 Å². The van der Waals surface area contributed by atoms with E-state index in [-0.39, 0.29) is 0 Å². The molecule has 0 saturated heterocycles. The first-order valence-corrected chi connectivity index (χ1v) is 7.08. The van der Waals surface area contributed by atoms with Gasteiger partial charge in [-0.05, 0) is 50.6 Å². The van der Waals surface area contributed by atoms with Crippen LogP contribution in [0.25, 0.3) is 0 Å². The third-order valence-corrected chi connectivity index (χ3v) is 3.75. The van der Waals surface area contributed by atoms with E-state index in [1.54, 1.807) is 0 Å². The van der Waals surface area contributed by atoms with E-state index in [1.807, 2.05) is 0 Å². The Hall–Kier alpha value is -0.860. The number of aryl methyl sites for hydroxylation is 2. The molecule has 0 saturated carbocycles. The minimum absolute atomic E-state index is 0.350. The highest BCUT2D eigenvalue weighted by molar-refractivity contribution is 5.36. The topological polar surface area (TPSA) is 29.3 Å². The molecule has 0 aliphatic rings. The molecule has 0 aliphatic carbocycles. The lowest BCUT2D eigenvalue weighted by Crippen LogP contribution is -2.32. The maximum absolute atomic E-state index is 6.01. The van der Waals surface area contributed by atoms with E-state index < -0.39 is 0 Å². The molecule has 1 aromatic carbocycles. The quantitative estimate of drug-likeness (QED) is 0.749. The number of nitrogens with two attached hydrogens (primary N) is 1. The van der Waals surface area contributed by atoms with Gasteiger partial charge in [-0.3, -0.25) is 4.90 Å². The van der Waals surface area contributed by atoms with Gasteiger partial charge in [0.2, 0.25) is 0 Å². The molecule has 1 atom stereocenters. The predicted octanol–water partition coefficient (Wildman–Crippen LogP) is 3.43. The first kappa shape index (κ1) is 15.2. The van der Waals surface area contributed by atoms with Crippen LogP contribution in [-0.4, -0.2) is 25.0 Å². The van der Waals surface area contributed by atoms with Gasteiger partial charge in [-0.25, -0.2) is 0 Å². The molecule has 0 amide bonds. The van der Waals surface area contributed by atoms with Crippen LogP contribution < -0.4 is 5.73 Å². The lowest BCUT2D eigenvalue weighted by Gasteiger charge is -2.30. The molecule has 1 aromatic rings. The maximum Gasteiger partial charge on any atom is 0.0472 e. The molecule has 0 heterocycles. The van der Waals surface area contributed by atoms with Crippen LogP contribution in [0.2, 0.25) is 0 Å². The summed E-state index contributed by atoms with van der Waals surface area (Å²) < 4.78 is 0. The standard InChI is InChI=1S/C16H28N2/c1-5-6-7-11-18(4)15(12-17)16-13(2)9-8-10-14(16)3/h8-10,15H,5-7,11-12,17H2,1-4H3. The number of benzene rings is 1. The van der Waals surface area contributed by atoms with Gasteiger partial charge in [-0.15, -0.1) is 0 Å². The first-order chi connectivity index (χ1) is 8.61. The van der Waals surface area contributed by atoms with Gasteiger partial charge >= 0.3 is 0 Å². The highest BCUT2D eigenvalue weighted by Gasteiger charge is 2.18. The van der Waals surface area contributed by atoms with E-state index in [2.05, 4.69) is 50.9 Å². The van der Waals surface area contributed by atoms with Gasteiger partial charge in [0.1, 0.15) is 0 Å². The number of nitrogens with zero attached hydrogens (tertiary/aromatic N) is 1. The number of rotatable bonds is 7. The Morgan fingerprint density at radius 3 is 2.28 bits per heavy atom. The Kier molecular flexibility index (Phi) is 6.37. The van der Waals surface area contributed by atoms with Crippen LogP contribution in [0.1, 0.15) is 48.9 Å². The average Bonchev–Trinajstić information content (AvgIpc) is 2.34. The Balaban J connectivity index is 2.82. The zero-order chi connectivity index (χ0) is 13.5. The molecule has 102 valence electrons. The molecule has 0 fully saturated rings. The van der Waals surface area contributed by atoms with Crippen LogP contribution in [0.5, 0.6) is 0 Å². The van der Waals surface area contributed by atoms with Crippen molar-refractivity contribution in [1.82, 2.24) is 4.90 Å². The normalized spacial score (nSPS) is 13.0. The van der Waals surface area contributed by atoms with Crippen molar-refractivity contribution >= 4 is 0 Å². The van der Waals surface area contributed by atoms with E-state index in [4.69, 9.17) is 5.73 Å². The van der Waals surface area contributed by atoms with Crippen molar-refractivity contribution in [3.8, 4) is 0 Å². The summed E-state index contributed by atoms with van der Waals surface area (Å²) in [6.07, 6.45) is 3.83. The van der Waals surface area contributed by atoms with Gasteiger partial charge in [0.05, 0.1) is 0 Å². The van der Waals surface area contributed by atoms with Crippen molar-refractivity contribution in [2.24, 2.45) is 5.73 Å². The van der Waals surface area contributed by atoms with Crippen LogP contribution in [0.3, 0.4) is 0 Å². The van der Waals surface area contributed by atoms with Gasteiger partial charge in [0.25, 0.3) is 0 Å². The summed E-state index contributed by atoms with van der Waals surface area (Å²) in [5.41, 5.74) is 10.1. The minimum atomic E-state index is 0.350. The van der Waals surface area contributed by atoms with Crippen molar-refractivity contribution < 1.29 is 0 Å². The highest BCUT2D eigenvalue weighted by atomic mass is 15.1. The Morgan fingerprint density at radius 2 is 1.78 bits per heavy atom. The molecule has 0 bridgehead atoms. The average molecular weight is 248 g/mol. The van der Waals surface area contributed by atoms with Gasteiger partial charge in [-0.1, -0.05) is 38.0 Å². The molecule has 18 heavy (non-hydrogen) atoms. The molecule has 1 rings (SSSR count). The number of hydrogen-bond donors (Lipinski definition) is 1. The first-order valence-electron chi connectivity index (χ1n) is 7.08. The number of likely N-dealkylation sites (N-methyl/N-ethyl adjacent to an activating group) is 1. The van der Waals surface area contributed by atoms with E-state index in [0.717, 1.165) is 6.54 Å². The van der Waals surface area contributed by atoms with Gasteiger partial charge in [-0.2, -0.15) is 0 Å². The van der Waals surface area contributed by atoms with Gasteiger partial charge in [0, 0.05) is 12.6 Å². The van der Waals surface area contributed by atoms with Crippen LogP contribution >= 0.6 is 0 Å². The van der Waals surface area contributed by atoms with Crippen molar-refractivity contribution in [3.63, 3.8) is 0 Å². The van der Waals surface area contributed by atoms with Crippen molar-refractivity contribution in [1.29, 1.82) is 0 Å². The summed E-state index contributed by atoms with van der Waals surface area (Å²) in [4.78, 5) is 2.41.